The van der Waals surface area contributed by atoms with Gasteiger partial charge in [-0.2, -0.15) is 0 Å². The van der Waals surface area contributed by atoms with Gasteiger partial charge in [0.25, 0.3) is 5.91 Å². The Morgan fingerprint density at radius 1 is 1.00 bits per heavy atom. The van der Waals surface area contributed by atoms with Crippen LogP contribution >= 0.6 is 24.0 Å². The molecule has 0 spiro atoms. The van der Waals surface area contributed by atoms with E-state index in [1.54, 1.807) is 44.4 Å². The number of carbonyl (C=O) groups is 1. The third kappa shape index (κ3) is 7.58. The minimum Gasteiger partial charge on any atom is -0.356 e. The third-order valence-electron chi connectivity index (χ3n) is 4.31. The normalized spacial score (nSPS) is 11.4. The van der Waals surface area contributed by atoms with Crippen molar-refractivity contribution < 1.29 is 13.2 Å². The van der Waals surface area contributed by atoms with Crippen LogP contribution in [0, 0.1) is 0 Å². The highest BCUT2D eigenvalue weighted by Gasteiger charge is 2.10. The maximum Gasteiger partial charge on any atom is 0.251 e. The van der Waals surface area contributed by atoms with Crippen LogP contribution in [0.3, 0.4) is 0 Å². The average molecular weight is 545 g/mol. The van der Waals surface area contributed by atoms with E-state index in [0.29, 0.717) is 24.6 Å². The summed E-state index contributed by atoms with van der Waals surface area (Å²) in [4.78, 5) is 16.1. The number of sulfonamides is 1. The molecule has 0 heterocycles. The van der Waals surface area contributed by atoms with Gasteiger partial charge < -0.3 is 16.0 Å². The summed E-state index contributed by atoms with van der Waals surface area (Å²) in [7, 11) is 1.25. The van der Waals surface area contributed by atoms with Gasteiger partial charge in [-0.05, 0) is 48.9 Å². The monoisotopic (exact) mass is 545 g/mol. The number of nitrogens with one attached hydrogen (secondary N) is 4. The highest BCUT2D eigenvalue weighted by molar-refractivity contribution is 14.0. The Labute approximate surface area is 195 Å². The first-order valence-electron chi connectivity index (χ1n) is 9.17. The van der Waals surface area contributed by atoms with Crippen LogP contribution in [0.15, 0.2) is 58.4 Å². The van der Waals surface area contributed by atoms with E-state index in [-0.39, 0.29) is 34.8 Å². The van der Waals surface area contributed by atoms with Crippen molar-refractivity contribution in [1.29, 1.82) is 0 Å². The van der Waals surface area contributed by atoms with Crippen LogP contribution in [0.25, 0.3) is 0 Å². The van der Waals surface area contributed by atoms with E-state index in [4.69, 9.17) is 0 Å². The Balaban J connectivity index is 0.00000450. The van der Waals surface area contributed by atoms with Crippen LogP contribution in [0.1, 0.15) is 21.5 Å². The molecule has 0 bridgehead atoms. The number of hydrogen-bond donors (Lipinski definition) is 4. The molecule has 10 heteroatoms. The predicted molar refractivity (Wildman–Crippen MR) is 130 cm³/mol. The second-order valence-corrected chi connectivity index (χ2v) is 8.12. The quantitative estimate of drug-likeness (QED) is 0.228. The number of hydrogen-bond acceptors (Lipinski definition) is 4. The minimum absolute atomic E-state index is 0. The summed E-state index contributed by atoms with van der Waals surface area (Å²) in [5.41, 5.74) is 2.62. The molecule has 0 aliphatic heterocycles. The standard InChI is InChI=1S/C20H27N5O3S.HI/c1-21-19(26)17-6-4-5-15(13-17)11-12-24-20(22-2)25-14-16-7-9-18(10-8-16)29(27,28)23-3;/h4-10,13,23H,11-12,14H2,1-3H3,(H,21,26)(H2,22,24,25);1H. The van der Waals surface area contributed by atoms with E-state index >= 15 is 0 Å². The summed E-state index contributed by atoms with van der Waals surface area (Å²) in [5.74, 6) is 0.533. The number of guanidine groups is 1. The molecule has 2 rings (SSSR count). The Morgan fingerprint density at radius 2 is 1.70 bits per heavy atom. The topological polar surface area (TPSA) is 112 Å². The van der Waals surface area contributed by atoms with Crippen molar-refractivity contribution in [1.82, 2.24) is 20.7 Å². The molecule has 0 saturated carbocycles. The highest BCUT2D eigenvalue weighted by Crippen LogP contribution is 2.10. The SMILES string of the molecule is CN=C(NCCc1cccc(C(=O)NC)c1)NCc1ccc(S(=O)(=O)NC)cc1.I. The Morgan fingerprint density at radius 3 is 2.30 bits per heavy atom. The Bertz CT molecular complexity index is 963. The molecule has 0 unspecified atom stereocenters. The number of carbonyl (C=O) groups excluding carboxylic acids is 1. The van der Waals surface area contributed by atoms with Crippen molar-refractivity contribution in [2.45, 2.75) is 17.9 Å². The lowest BCUT2D eigenvalue weighted by Gasteiger charge is -2.12. The first-order chi connectivity index (χ1) is 13.9. The average Bonchev–Trinajstić information content (AvgIpc) is 2.76. The molecule has 0 atom stereocenters. The first-order valence-corrected chi connectivity index (χ1v) is 10.7. The molecular formula is C20H28IN5O3S. The fourth-order valence-electron chi connectivity index (χ4n) is 2.65. The van der Waals surface area contributed by atoms with E-state index in [0.717, 1.165) is 17.5 Å². The van der Waals surface area contributed by atoms with Crippen molar-refractivity contribution in [3.63, 3.8) is 0 Å². The fourth-order valence-corrected chi connectivity index (χ4v) is 3.38. The molecule has 0 aliphatic rings. The highest BCUT2D eigenvalue weighted by atomic mass is 127. The molecule has 0 radical (unpaired) electrons. The van der Waals surface area contributed by atoms with E-state index in [9.17, 15) is 13.2 Å². The number of benzene rings is 2. The van der Waals surface area contributed by atoms with Gasteiger partial charge in [-0.3, -0.25) is 9.79 Å². The second kappa shape index (κ2) is 12.5. The maximum atomic E-state index is 11.8. The van der Waals surface area contributed by atoms with E-state index in [1.165, 1.54) is 7.05 Å². The number of amides is 1. The summed E-state index contributed by atoms with van der Waals surface area (Å²) in [6.07, 6.45) is 0.738. The zero-order valence-corrected chi connectivity index (χ0v) is 20.4. The van der Waals surface area contributed by atoms with Gasteiger partial charge in [0.2, 0.25) is 10.0 Å². The summed E-state index contributed by atoms with van der Waals surface area (Å²) in [6, 6.07) is 14.2. The number of rotatable bonds is 8. The van der Waals surface area contributed by atoms with Crippen molar-refractivity contribution in [3.8, 4) is 0 Å². The van der Waals surface area contributed by atoms with Gasteiger partial charge in [0, 0.05) is 32.7 Å². The second-order valence-electron chi connectivity index (χ2n) is 6.23. The smallest absolute Gasteiger partial charge is 0.251 e. The van der Waals surface area contributed by atoms with Gasteiger partial charge in [0.1, 0.15) is 0 Å². The van der Waals surface area contributed by atoms with Crippen molar-refractivity contribution in [2.75, 3.05) is 27.7 Å². The number of aliphatic imine (C=N–C) groups is 1. The Kier molecular flexibility index (Phi) is 10.8. The van der Waals surface area contributed by atoms with Crippen LogP contribution in [-0.4, -0.2) is 48.0 Å². The molecule has 0 fully saturated rings. The molecule has 0 aliphatic carbocycles. The summed E-state index contributed by atoms with van der Waals surface area (Å²) < 4.78 is 25.8. The lowest BCUT2D eigenvalue weighted by molar-refractivity contribution is 0.0963. The lowest BCUT2D eigenvalue weighted by Crippen LogP contribution is -2.37. The number of halogens is 1. The van der Waals surface area contributed by atoms with Crippen molar-refractivity contribution >= 4 is 45.9 Å². The van der Waals surface area contributed by atoms with Gasteiger partial charge >= 0.3 is 0 Å². The lowest BCUT2D eigenvalue weighted by atomic mass is 10.1. The Hall–Kier alpha value is -2.18. The van der Waals surface area contributed by atoms with Gasteiger partial charge in [-0.1, -0.05) is 24.3 Å². The van der Waals surface area contributed by atoms with Crippen LogP contribution in [-0.2, 0) is 23.0 Å². The first kappa shape index (κ1) is 25.9. The molecule has 2 aromatic carbocycles. The fraction of sp³-hybridized carbons (Fsp3) is 0.300. The molecule has 0 saturated heterocycles. The van der Waals surface area contributed by atoms with Crippen LogP contribution in [0.4, 0.5) is 0 Å². The van der Waals surface area contributed by atoms with E-state index < -0.39 is 10.0 Å². The number of nitrogens with zero attached hydrogens (tertiary/aromatic N) is 1. The van der Waals surface area contributed by atoms with Gasteiger partial charge in [-0.15, -0.1) is 24.0 Å². The van der Waals surface area contributed by atoms with E-state index in [1.807, 2.05) is 18.2 Å². The zero-order valence-electron chi connectivity index (χ0n) is 17.2. The molecule has 1 amide bonds. The molecular weight excluding hydrogens is 517 g/mol. The van der Waals surface area contributed by atoms with Gasteiger partial charge in [0.15, 0.2) is 5.96 Å². The molecule has 2 aromatic rings. The molecule has 4 N–H and O–H groups in total. The largest absolute Gasteiger partial charge is 0.356 e. The van der Waals surface area contributed by atoms with Crippen LogP contribution < -0.4 is 20.7 Å². The summed E-state index contributed by atoms with van der Waals surface area (Å²) >= 11 is 0. The van der Waals surface area contributed by atoms with Crippen LogP contribution in [0.2, 0.25) is 0 Å². The molecule has 0 aromatic heterocycles. The molecule has 30 heavy (non-hydrogen) atoms. The minimum atomic E-state index is -3.43. The summed E-state index contributed by atoms with van der Waals surface area (Å²) in [5, 5.41) is 9.04. The maximum absolute atomic E-state index is 11.8. The van der Waals surface area contributed by atoms with E-state index in [2.05, 4.69) is 25.7 Å². The van der Waals surface area contributed by atoms with Crippen LogP contribution in [0.5, 0.6) is 0 Å². The summed E-state index contributed by atoms with van der Waals surface area (Å²) in [6.45, 7) is 1.15. The zero-order chi connectivity index (χ0) is 21.3. The predicted octanol–water partition coefficient (Wildman–Crippen LogP) is 1.48. The van der Waals surface area contributed by atoms with Crippen molar-refractivity contribution in [3.05, 3.63) is 65.2 Å². The van der Waals surface area contributed by atoms with Crippen molar-refractivity contribution in [2.24, 2.45) is 4.99 Å². The molecule has 164 valence electrons. The third-order valence-corrected chi connectivity index (χ3v) is 5.74. The van der Waals surface area contributed by atoms with Gasteiger partial charge in [0.05, 0.1) is 4.90 Å². The van der Waals surface area contributed by atoms with Gasteiger partial charge in [-0.25, -0.2) is 13.1 Å². The molecule has 8 nitrogen and oxygen atoms in total.